The van der Waals surface area contributed by atoms with Gasteiger partial charge < -0.3 is 17.0 Å². The van der Waals surface area contributed by atoms with Gasteiger partial charge in [0.2, 0.25) is 0 Å². The summed E-state index contributed by atoms with van der Waals surface area (Å²) in [5, 5.41) is 9.07. The fourth-order valence-electron chi connectivity index (χ4n) is 0.354. The lowest BCUT2D eigenvalue weighted by molar-refractivity contribution is 0.0709. The van der Waals surface area contributed by atoms with E-state index in [1.165, 1.54) is 0 Å². The fourth-order valence-corrected chi connectivity index (χ4v) is 0.354. The molecule has 0 spiro atoms. The summed E-state index contributed by atoms with van der Waals surface area (Å²) in [5.41, 5.74) is 5.15. The van der Waals surface area contributed by atoms with Crippen molar-refractivity contribution in [3.8, 4) is 0 Å². The largest absolute Gasteiger partial charge is 0.391 e. The predicted molar refractivity (Wildman–Crippen MR) is 39.5 cm³/mol. The Bertz CT molecular complexity index is 67.9. The van der Waals surface area contributed by atoms with E-state index in [-0.39, 0.29) is 17.7 Å². The quantitative estimate of drug-likeness (QED) is 0.489. The molecule has 6 N–H and O–H groups in total. The van der Waals surface area contributed by atoms with Crippen molar-refractivity contribution in [2.75, 3.05) is 6.54 Å². The molecule has 1 atom stereocenters. The summed E-state index contributed by atoms with van der Waals surface area (Å²) in [6.07, 6.45) is -0.373. The maximum atomic E-state index is 9.07. The maximum absolute atomic E-state index is 9.07. The monoisotopic (exact) mass is 134 g/mol. The Morgan fingerprint density at radius 2 is 1.78 bits per heavy atom. The van der Waals surface area contributed by atoms with Gasteiger partial charge in [0.25, 0.3) is 0 Å². The summed E-state index contributed by atoms with van der Waals surface area (Å²) in [4.78, 5) is 0. The Balaban J connectivity index is 0. The third-order valence-electron chi connectivity index (χ3n) is 1.22. The molecule has 0 aliphatic carbocycles. The molecular formula is C6H18N2O. The molecule has 0 aliphatic heterocycles. The molecule has 0 bridgehead atoms. The molecule has 0 amide bonds. The normalized spacial score (nSPS) is 14.3. The van der Waals surface area contributed by atoms with Crippen LogP contribution in [0.3, 0.4) is 0 Å². The van der Waals surface area contributed by atoms with Crippen molar-refractivity contribution in [3.63, 3.8) is 0 Å². The van der Waals surface area contributed by atoms with E-state index in [4.69, 9.17) is 10.8 Å². The molecule has 0 saturated carbocycles. The zero-order valence-electron chi connectivity index (χ0n) is 6.52. The first-order chi connectivity index (χ1) is 3.48. The molecule has 3 nitrogen and oxygen atoms in total. The highest BCUT2D eigenvalue weighted by atomic mass is 16.3. The van der Waals surface area contributed by atoms with Crippen LogP contribution in [0.2, 0.25) is 0 Å². The van der Waals surface area contributed by atoms with E-state index in [1.807, 2.05) is 20.8 Å². The Morgan fingerprint density at radius 3 is 1.78 bits per heavy atom. The van der Waals surface area contributed by atoms with Crippen LogP contribution in [-0.2, 0) is 0 Å². The lowest BCUT2D eigenvalue weighted by Crippen LogP contribution is -2.33. The van der Waals surface area contributed by atoms with Crippen LogP contribution in [0, 0.1) is 5.41 Å². The summed E-state index contributed by atoms with van der Waals surface area (Å²) in [6, 6.07) is 0. The van der Waals surface area contributed by atoms with Crippen molar-refractivity contribution in [3.05, 3.63) is 0 Å². The third-order valence-corrected chi connectivity index (χ3v) is 1.22. The predicted octanol–water partition coefficient (Wildman–Crippen LogP) is 0.514. The van der Waals surface area contributed by atoms with Crippen LogP contribution >= 0.6 is 0 Å². The van der Waals surface area contributed by atoms with Crippen molar-refractivity contribution in [2.24, 2.45) is 11.1 Å². The number of hydrogen-bond acceptors (Lipinski definition) is 3. The minimum atomic E-state index is -0.373. The molecule has 3 heteroatoms. The highest BCUT2D eigenvalue weighted by Crippen LogP contribution is 2.17. The first-order valence-electron chi connectivity index (χ1n) is 2.86. The number of hydrogen-bond donors (Lipinski definition) is 3. The highest BCUT2D eigenvalue weighted by molar-refractivity contribution is 4.72. The second-order valence-electron chi connectivity index (χ2n) is 3.12. The Morgan fingerprint density at radius 1 is 1.44 bits per heavy atom. The number of aliphatic hydroxyl groups is 1. The van der Waals surface area contributed by atoms with Gasteiger partial charge in [0.05, 0.1) is 6.10 Å². The van der Waals surface area contributed by atoms with Gasteiger partial charge in [0.15, 0.2) is 0 Å². The van der Waals surface area contributed by atoms with Crippen molar-refractivity contribution >= 4 is 0 Å². The fraction of sp³-hybridized carbons (Fsp3) is 1.00. The molecule has 0 aliphatic rings. The van der Waals surface area contributed by atoms with Crippen LogP contribution in [0.5, 0.6) is 0 Å². The van der Waals surface area contributed by atoms with Crippen LogP contribution in [0.1, 0.15) is 20.8 Å². The molecule has 0 saturated heterocycles. The molecule has 0 radical (unpaired) electrons. The van der Waals surface area contributed by atoms with Crippen molar-refractivity contribution in [2.45, 2.75) is 26.9 Å². The molecule has 9 heavy (non-hydrogen) atoms. The van der Waals surface area contributed by atoms with Crippen molar-refractivity contribution in [1.29, 1.82) is 0 Å². The molecule has 0 aromatic rings. The minimum absolute atomic E-state index is 0. The van der Waals surface area contributed by atoms with E-state index in [1.54, 1.807) is 0 Å². The van der Waals surface area contributed by atoms with Gasteiger partial charge in [0.1, 0.15) is 0 Å². The smallest absolute Gasteiger partial charge is 0.0710 e. The van der Waals surface area contributed by atoms with Gasteiger partial charge in [-0.15, -0.1) is 0 Å². The summed E-state index contributed by atoms with van der Waals surface area (Å²) in [6.45, 7) is 6.24. The first-order valence-corrected chi connectivity index (χ1v) is 2.86. The number of nitrogens with two attached hydrogens (primary N) is 1. The van der Waals surface area contributed by atoms with Gasteiger partial charge in [-0.2, -0.15) is 0 Å². The van der Waals surface area contributed by atoms with E-state index >= 15 is 0 Å². The lowest BCUT2D eigenvalue weighted by Gasteiger charge is -2.23. The van der Waals surface area contributed by atoms with Crippen molar-refractivity contribution < 1.29 is 5.11 Å². The maximum Gasteiger partial charge on any atom is 0.0710 e. The molecule has 0 aromatic carbocycles. The van der Waals surface area contributed by atoms with Crippen LogP contribution in [-0.4, -0.2) is 17.8 Å². The molecule has 58 valence electrons. The van der Waals surface area contributed by atoms with Crippen LogP contribution < -0.4 is 11.9 Å². The topological polar surface area (TPSA) is 81.2 Å². The van der Waals surface area contributed by atoms with E-state index in [0.717, 1.165) is 0 Å². The van der Waals surface area contributed by atoms with Gasteiger partial charge in [-0.05, 0) is 5.41 Å². The Hall–Kier alpha value is -0.120. The third kappa shape index (κ3) is 4.39. The molecule has 0 heterocycles. The Labute approximate surface area is 56.8 Å². The van der Waals surface area contributed by atoms with Gasteiger partial charge in [-0.3, -0.25) is 0 Å². The molecule has 0 rings (SSSR count). The van der Waals surface area contributed by atoms with E-state index in [2.05, 4.69) is 0 Å². The summed E-state index contributed by atoms with van der Waals surface area (Å²) >= 11 is 0. The zero-order valence-corrected chi connectivity index (χ0v) is 6.52. The van der Waals surface area contributed by atoms with E-state index < -0.39 is 0 Å². The van der Waals surface area contributed by atoms with Crippen LogP contribution in [0.15, 0.2) is 0 Å². The van der Waals surface area contributed by atoms with Crippen LogP contribution in [0.4, 0.5) is 0 Å². The summed E-state index contributed by atoms with van der Waals surface area (Å²) in [7, 11) is 0. The minimum Gasteiger partial charge on any atom is -0.391 e. The summed E-state index contributed by atoms with van der Waals surface area (Å²) in [5.74, 6) is 0. The first kappa shape index (κ1) is 11.6. The van der Waals surface area contributed by atoms with Crippen molar-refractivity contribution in [1.82, 2.24) is 6.15 Å². The van der Waals surface area contributed by atoms with E-state index in [9.17, 15) is 0 Å². The molecule has 0 fully saturated rings. The second kappa shape index (κ2) is 3.82. The number of rotatable bonds is 1. The van der Waals surface area contributed by atoms with Gasteiger partial charge in [-0.1, -0.05) is 20.8 Å². The zero-order chi connectivity index (χ0) is 6.78. The molecular weight excluding hydrogens is 116 g/mol. The molecule has 1 unspecified atom stereocenters. The second-order valence-corrected chi connectivity index (χ2v) is 3.12. The average Bonchev–Trinajstić information content (AvgIpc) is 1.62. The van der Waals surface area contributed by atoms with Gasteiger partial charge in [0, 0.05) is 6.54 Å². The lowest BCUT2D eigenvalue weighted by atomic mass is 9.89. The standard InChI is InChI=1S/C6H15NO.H3N/c1-6(2,3)5(8)4-7;/h5,8H,4,7H2,1-3H3;1H3. The van der Waals surface area contributed by atoms with Crippen LogP contribution in [0.25, 0.3) is 0 Å². The van der Waals surface area contributed by atoms with Gasteiger partial charge in [-0.25, -0.2) is 0 Å². The number of aliphatic hydroxyl groups excluding tert-OH is 1. The molecule has 0 aromatic heterocycles. The van der Waals surface area contributed by atoms with E-state index in [0.29, 0.717) is 6.54 Å². The summed E-state index contributed by atoms with van der Waals surface area (Å²) < 4.78 is 0. The average molecular weight is 134 g/mol. The SMILES string of the molecule is CC(C)(C)C(O)CN.N. The highest BCUT2D eigenvalue weighted by Gasteiger charge is 2.19. The van der Waals surface area contributed by atoms with Gasteiger partial charge >= 0.3 is 0 Å². The Kier molecular flexibility index (Phi) is 4.95.